The van der Waals surface area contributed by atoms with Crippen LogP contribution >= 0.6 is 0 Å². The van der Waals surface area contributed by atoms with Crippen molar-refractivity contribution in [2.75, 3.05) is 36.6 Å². The van der Waals surface area contributed by atoms with E-state index in [0.29, 0.717) is 0 Å². The summed E-state index contributed by atoms with van der Waals surface area (Å²) in [5.74, 6) is 2.83. The van der Waals surface area contributed by atoms with E-state index in [1.165, 1.54) is 0 Å². The zero-order valence-corrected chi connectivity index (χ0v) is 11.3. The molecule has 0 amide bonds. The standard InChI is InChI=1S/C13H17N5O/c1-9-14-7-10-11(16-9)18-12(17(10)2)15-8-13(18)3-5-19-6-4-13/h7H,3-6,8H2,1-2H3. The number of ether oxygens (including phenoxy) is 1. The normalized spacial score (nSPS) is 23.6. The molecule has 1 fully saturated rings. The first kappa shape index (κ1) is 11.2. The molecule has 4 rings (SSSR count). The van der Waals surface area contributed by atoms with Gasteiger partial charge in [-0.25, -0.2) is 15.0 Å². The highest BCUT2D eigenvalue weighted by atomic mass is 16.5. The summed E-state index contributed by atoms with van der Waals surface area (Å²) in [6.45, 7) is 4.39. The van der Waals surface area contributed by atoms with Crippen LogP contribution in [0.4, 0.5) is 11.5 Å². The molecule has 0 aromatic carbocycles. The predicted octanol–water partition coefficient (Wildman–Crippen LogP) is 0.960. The summed E-state index contributed by atoms with van der Waals surface area (Å²) in [4.78, 5) is 18.1. The second-order valence-electron chi connectivity index (χ2n) is 5.47. The Bertz CT molecular complexity index is 564. The van der Waals surface area contributed by atoms with E-state index in [1.807, 2.05) is 20.2 Å². The molecule has 1 aromatic heterocycles. The van der Waals surface area contributed by atoms with Crippen molar-refractivity contribution in [1.29, 1.82) is 0 Å². The number of fused-ring (bicyclic) bond motifs is 4. The monoisotopic (exact) mass is 259 g/mol. The molecule has 3 aliphatic heterocycles. The zero-order chi connectivity index (χ0) is 13.0. The molecule has 0 bridgehead atoms. The van der Waals surface area contributed by atoms with Crippen molar-refractivity contribution in [2.24, 2.45) is 4.99 Å². The molecule has 100 valence electrons. The Kier molecular flexibility index (Phi) is 2.15. The number of aryl methyl sites for hydroxylation is 1. The lowest BCUT2D eigenvalue weighted by Crippen LogP contribution is -2.53. The van der Waals surface area contributed by atoms with Gasteiger partial charge in [-0.1, -0.05) is 0 Å². The number of rotatable bonds is 0. The first-order valence-electron chi connectivity index (χ1n) is 6.71. The van der Waals surface area contributed by atoms with Gasteiger partial charge in [-0.15, -0.1) is 0 Å². The molecule has 0 unspecified atom stereocenters. The van der Waals surface area contributed by atoms with Crippen molar-refractivity contribution in [3.63, 3.8) is 0 Å². The molecule has 0 saturated carbocycles. The summed E-state index contributed by atoms with van der Waals surface area (Å²) in [5, 5.41) is 0. The van der Waals surface area contributed by atoms with Gasteiger partial charge in [0.25, 0.3) is 0 Å². The smallest absolute Gasteiger partial charge is 0.207 e. The highest BCUT2D eigenvalue weighted by Gasteiger charge is 2.51. The Morgan fingerprint density at radius 3 is 2.89 bits per heavy atom. The fourth-order valence-electron chi connectivity index (χ4n) is 3.24. The predicted molar refractivity (Wildman–Crippen MR) is 72.7 cm³/mol. The molecule has 1 spiro atoms. The van der Waals surface area contributed by atoms with Crippen LogP contribution in [0.2, 0.25) is 0 Å². The van der Waals surface area contributed by atoms with Crippen molar-refractivity contribution >= 4 is 17.5 Å². The van der Waals surface area contributed by atoms with Gasteiger partial charge < -0.3 is 9.64 Å². The van der Waals surface area contributed by atoms with Crippen LogP contribution in [0.25, 0.3) is 0 Å². The molecule has 6 nitrogen and oxygen atoms in total. The summed E-state index contributed by atoms with van der Waals surface area (Å²) in [7, 11) is 2.04. The second kappa shape index (κ2) is 3.66. The Balaban J connectivity index is 1.84. The van der Waals surface area contributed by atoms with E-state index < -0.39 is 0 Å². The van der Waals surface area contributed by atoms with E-state index >= 15 is 0 Å². The summed E-state index contributed by atoms with van der Waals surface area (Å²) in [6, 6.07) is 0. The van der Waals surface area contributed by atoms with E-state index in [0.717, 1.165) is 55.9 Å². The van der Waals surface area contributed by atoms with Gasteiger partial charge in [-0.05, 0) is 19.8 Å². The molecule has 0 N–H and O–H groups in total. The maximum absolute atomic E-state index is 5.52. The molecule has 6 heteroatoms. The van der Waals surface area contributed by atoms with E-state index in [4.69, 9.17) is 9.73 Å². The lowest BCUT2D eigenvalue weighted by molar-refractivity contribution is 0.0594. The number of aliphatic imine (C=N–C) groups is 1. The third-order valence-corrected chi connectivity index (χ3v) is 4.36. The lowest BCUT2D eigenvalue weighted by Gasteiger charge is -2.39. The van der Waals surface area contributed by atoms with Crippen LogP contribution in [0.15, 0.2) is 11.2 Å². The van der Waals surface area contributed by atoms with Crippen molar-refractivity contribution in [1.82, 2.24) is 9.97 Å². The third-order valence-electron chi connectivity index (χ3n) is 4.36. The molecule has 1 aromatic rings. The molecular weight excluding hydrogens is 242 g/mol. The highest BCUT2D eigenvalue weighted by molar-refractivity contribution is 6.16. The van der Waals surface area contributed by atoms with Gasteiger partial charge in [0.1, 0.15) is 11.5 Å². The van der Waals surface area contributed by atoms with Gasteiger partial charge in [0.2, 0.25) is 5.96 Å². The Labute approximate surface area is 112 Å². The minimum Gasteiger partial charge on any atom is -0.381 e. The van der Waals surface area contributed by atoms with Gasteiger partial charge >= 0.3 is 0 Å². The summed E-state index contributed by atoms with van der Waals surface area (Å²) in [6.07, 6.45) is 3.91. The van der Waals surface area contributed by atoms with Crippen molar-refractivity contribution in [3.8, 4) is 0 Å². The van der Waals surface area contributed by atoms with Gasteiger partial charge in [-0.2, -0.15) is 0 Å². The minimum atomic E-state index is 0.0634. The Morgan fingerprint density at radius 1 is 1.32 bits per heavy atom. The molecule has 4 heterocycles. The van der Waals surface area contributed by atoms with Gasteiger partial charge in [-0.3, -0.25) is 4.90 Å². The van der Waals surface area contributed by atoms with Crippen LogP contribution in [0, 0.1) is 6.92 Å². The summed E-state index contributed by atoms with van der Waals surface area (Å²) < 4.78 is 5.52. The van der Waals surface area contributed by atoms with Crippen molar-refractivity contribution in [3.05, 3.63) is 12.0 Å². The van der Waals surface area contributed by atoms with Crippen LogP contribution in [-0.2, 0) is 4.74 Å². The summed E-state index contributed by atoms with van der Waals surface area (Å²) >= 11 is 0. The highest BCUT2D eigenvalue weighted by Crippen LogP contribution is 2.45. The van der Waals surface area contributed by atoms with Crippen LogP contribution < -0.4 is 9.80 Å². The van der Waals surface area contributed by atoms with Crippen LogP contribution in [0.1, 0.15) is 18.7 Å². The molecule has 0 radical (unpaired) electrons. The van der Waals surface area contributed by atoms with E-state index in [1.54, 1.807) is 0 Å². The van der Waals surface area contributed by atoms with Crippen LogP contribution in [0.5, 0.6) is 0 Å². The fourth-order valence-corrected chi connectivity index (χ4v) is 3.24. The van der Waals surface area contributed by atoms with Gasteiger partial charge in [0, 0.05) is 20.3 Å². The quantitative estimate of drug-likeness (QED) is 0.694. The van der Waals surface area contributed by atoms with Gasteiger partial charge in [0.05, 0.1) is 18.3 Å². The molecule has 3 aliphatic rings. The number of hydrogen-bond acceptors (Lipinski definition) is 6. The van der Waals surface area contributed by atoms with E-state index in [2.05, 4.69) is 19.8 Å². The minimum absolute atomic E-state index is 0.0634. The zero-order valence-electron chi connectivity index (χ0n) is 11.3. The van der Waals surface area contributed by atoms with Crippen molar-refractivity contribution < 1.29 is 4.74 Å². The number of nitrogens with zero attached hydrogens (tertiary/aromatic N) is 5. The van der Waals surface area contributed by atoms with Crippen LogP contribution in [-0.4, -0.2) is 48.3 Å². The van der Waals surface area contributed by atoms with Crippen LogP contribution in [0.3, 0.4) is 0 Å². The third kappa shape index (κ3) is 1.37. The Hall–Kier alpha value is -1.69. The maximum Gasteiger partial charge on any atom is 0.207 e. The van der Waals surface area contributed by atoms with Gasteiger partial charge in [0.15, 0.2) is 5.82 Å². The fraction of sp³-hybridized carbons (Fsp3) is 0.615. The molecule has 1 saturated heterocycles. The molecule has 0 atom stereocenters. The first-order chi connectivity index (χ1) is 9.21. The van der Waals surface area contributed by atoms with E-state index in [9.17, 15) is 0 Å². The number of anilines is 2. The largest absolute Gasteiger partial charge is 0.381 e. The Morgan fingerprint density at radius 2 is 2.11 bits per heavy atom. The van der Waals surface area contributed by atoms with Crippen molar-refractivity contribution in [2.45, 2.75) is 25.3 Å². The lowest BCUT2D eigenvalue weighted by atomic mass is 9.89. The van der Waals surface area contributed by atoms with E-state index in [-0.39, 0.29) is 5.54 Å². The number of hydrogen-bond donors (Lipinski definition) is 0. The maximum atomic E-state index is 5.52. The first-order valence-corrected chi connectivity index (χ1v) is 6.71. The second-order valence-corrected chi connectivity index (χ2v) is 5.47. The molecule has 19 heavy (non-hydrogen) atoms. The average molecular weight is 259 g/mol. The molecule has 0 aliphatic carbocycles. The number of aromatic nitrogens is 2. The molecular formula is C13H17N5O. The topological polar surface area (TPSA) is 53.9 Å². The number of guanidine groups is 1. The average Bonchev–Trinajstić information content (AvgIpc) is 2.90. The summed E-state index contributed by atoms with van der Waals surface area (Å²) in [5.41, 5.74) is 1.11. The SMILES string of the molecule is Cc1ncc2c(n1)N1C(=NCC13CCOCC3)N2C.